The number of pyridine rings is 1. The van der Waals surface area contributed by atoms with E-state index in [0.29, 0.717) is 5.39 Å². The van der Waals surface area contributed by atoms with Crippen molar-refractivity contribution in [2.75, 3.05) is 0 Å². The van der Waals surface area contributed by atoms with E-state index in [1.165, 1.54) is 12.1 Å². The average molecular weight is 367 g/mol. The van der Waals surface area contributed by atoms with E-state index in [9.17, 15) is 13.2 Å². The number of fused-ring (bicyclic) bond motifs is 3. The van der Waals surface area contributed by atoms with Gasteiger partial charge in [-0.05, 0) is 60.3 Å². The highest BCUT2D eigenvalue weighted by Crippen LogP contribution is 2.35. The summed E-state index contributed by atoms with van der Waals surface area (Å²) in [7, 11) is 0. The Labute approximate surface area is 154 Å². The smallest absolute Gasteiger partial charge is 0.406 e. The van der Waals surface area contributed by atoms with E-state index in [0.717, 1.165) is 38.5 Å². The van der Waals surface area contributed by atoms with E-state index >= 15 is 0 Å². The fourth-order valence-corrected chi connectivity index (χ4v) is 3.50. The molecule has 0 N–H and O–H groups in total. The van der Waals surface area contributed by atoms with Crippen LogP contribution in [0.4, 0.5) is 13.2 Å². The zero-order valence-electron chi connectivity index (χ0n) is 14.8. The van der Waals surface area contributed by atoms with Crippen LogP contribution in [-0.4, -0.2) is 11.3 Å². The van der Waals surface area contributed by atoms with E-state index in [2.05, 4.69) is 27.9 Å². The number of hydrogen-bond donors (Lipinski definition) is 0. The van der Waals surface area contributed by atoms with Gasteiger partial charge in [0.15, 0.2) is 0 Å². The van der Waals surface area contributed by atoms with Crippen LogP contribution in [0.25, 0.3) is 32.8 Å². The van der Waals surface area contributed by atoms with Crippen LogP contribution in [-0.2, 0) is 0 Å². The fraction of sp³-hybridized carbons (Fsp3) is 0.136. The fourth-order valence-electron chi connectivity index (χ4n) is 3.50. The molecule has 4 aromatic rings. The third-order valence-corrected chi connectivity index (χ3v) is 4.46. The number of hydrogen-bond acceptors (Lipinski definition) is 2. The number of alkyl halides is 3. The minimum absolute atomic E-state index is 0.229. The summed E-state index contributed by atoms with van der Waals surface area (Å²) in [6.07, 6.45) is -3.03. The van der Waals surface area contributed by atoms with Crippen molar-refractivity contribution < 1.29 is 17.9 Å². The molecule has 1 aromatic heterocycles. The van der Waals surface area contributed by atoms with Gasteiger partial charge in [-0.1, -0.05) is 35.4 Å². The molecule has 0 fully saturated rings. The van der Waals surface area contributed by atoms with Crippen molar-refractivity contribution in [3.05, 3.63) is 71.9 Å². The van der Waals surface area contributed by atoms with Crippen molar-refractivity contribution in [3.8, 4) is 17.0 Å². The molecule has 136 valence electrons. The summed E-state index contributed by atoms with van der Waals surface area (Å²) in [5.74, 6) is -0.229. The maximum atomic E-state index is 12.6. The summed E-state index contributed by atoms with van der Waals surface area (Å²) < 4.78 is 41.8. The summed E-state index contributed by atoms with van der Waals surface area (Å²) in [6, 6.07) is 16.3. The second-order valence-electron chi connectivity index (χ2n) is 6.63. The standard InChI is InChI=1S/C22H16F3NO/c1-13-9-14(2)11-16(10-13)21-19-6-4-15-3-5-17(27-22(23,24)25)12-20(15)18(19)7-8-26-21/h3-12H,1-2H3. The number of nitrogens with zero attached hydrogens (tertiary/aromatic N) is 1. The first-order chi connectivity index (χ1) is 12.8. The monoisotopic (exact) mass is 367 g/mol. The Morgan fingerprint density at radius 3 is 2.19 bits per heavy atom. The highest BCUT2D eigenvalue weighted by atomic mass is 19.4. The molecule has 0 radical (unpaired) electrons. The first-order valence-corrected chi connectivity index (χ1v) is 8.46. The predicted molar refractivity (Wildman–Crippen MR) is 101 cm³/mol. The van der Waals surface area contributed by atoms with Crippen LogP contribution >= 0.6 is 0 Å². The number of aryl methyl sites for hydroxylation is 2. The lowest BCUT2D eigenvalue weighted by atomic mass is 9.97. The molecule has 1 heterocycles. The minimum atomic E-state index is -4.72. The molecule has 0 atom stereocenters. The Balaban J connectivity index is 1.96. The molecule has 0 saturated heterocycles. The molecule has 3 aromatic carbocycles. The van der Waals surface area contributed by atoms with Crippen LogP contribution in [0.3, 0.4) is 0 Å². The second kappa shape index (κ2) is 6.27. The minimum Gasteiger partial charge on any atom is -0.406 e. The quantitative estimate of drug-likeness (QED) is 0.374. The van der Waals surface area contributed by atoms with Crippen molar-refractivity contribution in [1.82, 2.24) is 4.98 Å². The van der Waals surface area contributed by atoms with E-state index < -0.39 is 6.36 Å². The molecule has 0 aliphatic heterocycles. The Hall–Kier alpha value is -3.08. The van der Waals surface area contributed by atoms with Gasteiger partial charge < -0.3 is 4.74 Å². The lowest BCUT2D eigenvalue weighted by Crippen LogP contribution is -2.16. The van der Waals surface area contributed by atoms with Crippen LogP contribution in [0.1, 0.15) is 11.1 Å². The third kappa shape index (κ3) is 3.45. The maximum absolute atomic E-state index is 12.6. The van der Waals surface area contributed by atoms with Gasteiger partial charge in [-0.2, -0.15) is 0 Å². The number of halogens is 3. The van der Waals surface area contributed by atoms with E-state index in [4.69, 9.17) is 0 Å². The van der Waals surface area contributed by atoms with Gasteiger partial charge in [-0.3, -0.25) is 4.98 Å². The maximum Gasteiger partial charge on any atom is 0.573 e. The van der Waals surface area contributed by atoms with Gasteiger partial charge in [0.05, 0.1) is 5.69 Å². The summed E-state index contributed by atoms with van der Waals surface area (Å²) in [5, 5.41) is 3.26. The molecule has 0 unspecified atom stereocenters. The third-order valence-electron chi connectivity index (χ3n) is 4.46. The average Bonchev–Trinajstić information content (AvgIpc) is 2.58. The molecule has 27 heavy (non-hydrogen) atoms. The summed E-state index contributed by atoms with van der Waals surface area (Å²) in [6.45, 7) is 4.05. The normalized spacial score (nSPS) is 11.9. The van der Waals surface area contributed by atoms with E-state index in [-0.39, 0.29) is 5.75 Å². The van der Waals surface area contributed by atoms with Crippen LogP contribution < -0.4 is 4.74 Å². The second-order valence-corrected chi connectivity index (χ2v) is 6.63. The van der Waals surface area contributed by atoms with Crippen molar-refractivity contribution in [3.63, 3.8) is 0 Å². The molecule has 0 spiro atoms. The molecule has 5 heteroatoms. The Morgan fingerprint density at radius 1 is 0.778 bits per heavy atom. The van der Waals surface area contributed by atoms with Crippen LogP contribution in [0.15, 0.2) is 60.8 Å². The molecular weight excluding hydrogens is 351 g/mol. The van der Waals surface area contributed by atoms with Gasteiger partial charge in [-0.15, -0.1) is 13.2 Å². The van der Waals surface area contributed by atoms with Crippen molar-refractivity contribution in [2.24, 2.45) is 0 Å². The number of rotatable bonds is 2. The van der Waals surface area contributed by atoms with Gasteiger partial charge >= 0.3 is 6.36 Å². The highest BCUT2D eigenvalue weighted by molar-refractivity contribution is 6.11. The number of benzene rings is 3. The van der Waals surface area contributed by atoms with Gasteiger partial charge in [0.2, 0.25) is 0 Å². The Bertz CT molecular complexity index is 1150. The van der Waals surface area contributed by atoms with Gasteiger partial charge in [0, 0.05) is 17.1 Å². The highest BCUT2D eigenvalue weighted by Gasteiger charge is 2.31. The number of ether oxygens (including phenoxy) is 1. The summed E-state index contributed by atoms with van der Waals surface area (Å²) in [5.41, 5.74) is 4.06. The van der Waals surface area contributed by atoms with Gasteiger partial charge in [0.25, 0.3) is 0 Å². The van der Waals surface area contributed by atoms with Crippen molar-refractivity contribution >= 4 is 21.5 Å². The molecule has 0 saturated carbocycles. The first-order valence-electron chi connectivity index (χ1n) is 8.46. The molecule has 0 aliphatic carbocycles. The van der Waals surface area contributed by atoms with Crippen molar-refractivity contribution in [2.45, 2.75) is 20.2 Å². The zero-order chi connectivity index (χ0) is 19.2. The molecule has 4 rings (SSSR count). The molecule has 2 nitrogen and oxygen atoms in total. The lowest BCUT2D eigenvalue weighted by Gasteiger charge is -2.12. The Kier molecular flexibility index (Phi) is 4.02. The van der Waals surface area contributed by atoms with E-state index in [1.807, 2.05) is 32.0 Å². The number of aromatic nitrogens is 1. The lowest BCUT2D eigenvalue weighted by molar-refractivity contribution is -0.274. The molecular formula is C22H16F3NO. The zero-order valence-corrected chi connectivity index (χ0v) is 14.8. The molecule has 0 aliphatic rings. The van der Waals surface area contributed by atoms with Crippen LogP contribution in [0, 0.1) is 13.8 Å². The summed E-state index contributed by atoms with van der Waals surface area (Å²) >= 11 is 0. The Morgan fingerprint density at radius 2 is 1.48 bits per heavy atom. The van der Waals surface area contributed by atoms with Gasteiger partial charge in [0.1, 0.15) is 5.75 Å². The van der Waals surface area contributed by atoms with E-state index in [1.54, 1.807) is 12.3 Å². The van der Waals surface area contributed by atoms with Crippen LogP contribution in [0.2, 0.25) is 0 Å². The predicted octanol–water partition coefficient (Wildman–Crippen LogP) is 6.57. The molecule has 0 amide bonds. The van der Waals surface area contributed by atoms with Crippen LogP contribution in [0.5, 0.6) is 5.75 Å². The SMILES string of the molecule is Cc1cc(C)cc(-c2nccc3c2ccc2ccc(OC(F)(F)F)cc23)c1. The first kappa shape index (κ1) is 17.3. The topological polar surface area (TPSA) is 22.1 Å². The molecule has 0 bridgehead atoms. The van der Waals surface area contributed by atoms with Crippen molar-refractivity contribution in [1.29, 1.82) is 0 Å². The largest absolute Gasteiger partial charge is 0.573 e. The summed E-state index contributed by atoms with van der Waals surface area (Å²) in [4.78, 5) is 4.54. The van der Waals surface area contributed by atoms with Gasteiger partial charge in [-0.25, -0.2) is 0 Å².